The number of hydrogen-bond acceptors (Lipinski definition) is 3. The quantitative estimate of drug-likeness (QED) is 0.786. The van der Waals surface area contributed by atoms with Gasteiger partial charge in [0, 0.05) is 36.7 Å². The number of nitrogens with zero attached hydrogens (tertiary/aromatic N) is 2. The third kappa shape index (κ3) is 3.36. The van der Waals surface area contributed by atoms with Crippen molar-refractivity contribution in [2.24, 2.45) is 11.8 Å². The molecule has 1 aliphatic rings. The van der Waals surface area contributed by atoms with Crippen LogP contribution in [0.5, 0.6) is 5.75 Å². The Bertz CT molecular complexity index is 663. The molecule has 1 aromatic heterocycles. The molecule has 3 nitrogen and oxygen atoms in total. The second kappa shape index (κ2) is 6.43. The molecule has 2 heterocycles. The highest BCUT2D eigenvalue weighted by Crippen LogP contribution is 2.27. The molecule has 1 aromatic carbocycles. The Morgan fingerprint density at radius 2 is 1.95 bits per heavy atom. The van der Waals surface area contributed by atoms with E-state index in [1.165, 1.54) is 6.42 Å². The lowest BCUT2D eigenvalue weighted by Crippen LogP contribution is -2.38. The highest BCUT2D eigenvalue weighted by molar-refractivity contribution is 6.30. The van der Waals surface area contributed by atoms with Gasteiger partial charge in [-0.15, -0.1) is 0 Å². The Kier molecular flexibility index (Phi) is 4.55. The zero-order valence-electron chi connectivity index (χ0n) is 13.5. The van der Waals surface area contributed by atoms with Crippen LogP contribution in [0.1, 0.15) is 25.8 Å². The van der Waals surface area contributed by atoms with E-state index in [9.17, 15) is 0 Å². The van der Waals surface area contributed by atoms with Gasteiger partial charge in [0.15, 0.2) is 0 Å². The van der Waals surface area contributed by atoms with Crippen LogP contribution in [-0.4, -0.2) is 30.1 Å². The molecule has 1 aliphatic heterocycles. The maximum Gasteiger partial charge on any atom is 0.134 e. The summed E-state index contributed by atoms with van der Waals surface area (Å²) in [5.41, 5.74) is 1.99. The van der Waals surface area contributed by atoms with Crippen LogP contribution in [0.25, 0.3) is 10.9 Å². The second-order valence-corrected chi connectivity index (χ2v) is 7.00. The minimum Gasteiger partial charge on any atom is -0.497 e. The topological polar surface area (TPSA) is 25.4 Å². The van der Waals surface area contributed by atoms with Gasteiger partial charge < -0.3 is 4.74 Å². The molecule has 0 aliphatic carbocycles. The molecule has 0 amide bonds. The maximum absolute atomic E-state index is 6.41. The lowest BCUT2D eigenvalue weighted by Gasteiger charge is -2.35. The monoisotopic (exact) mass is 318 g/mol. The minimum atomic E-state index is 0.603. The first kappa shape index (κ1) is 15.6. The summed E-state index contributed by atoms with van der Waals surface area (Å²) in [4.78, 5) is 7.04. The fourth-order valence-corrected chi connectivity index (χ4v) is 3.77. The Morgan fingerprint density at radius 3 is 2.64 bits per heavy atom. The van der Waals surface area contributed by atoms with Crippen LogP contribution >= 0.6 is 11.6 Å². The molecule has 0 N–H and O–H groups in total. The minimum absolute atomic E-state index is 0.603. The average molecular weight is 319 g/mol. The number of benzene rings is 1. The Hall–Kier alpha value is -1.32. The van der Waals surface area contributed by atoms with Gasteiger partial charge in [0.1, 0.15) is 10.9 Å². The molecular formula is C18H23ClN2O. The van der Waals surface area contributed by atoms with Crippen molar-refractivity contribution in [3.63, 3.8) is 0 Å². The van der Waals surface area contributed by atoms with E-state index < -0.39 is 0 Å². The van der Waals surface area contributed by atoms with E-state index >= 15 is 0 Å². The lowest BCUT2D eigenvalue weighted by atomic mass is 9.91. The summed E-state index contributed by atoms with van der Waals surface area (Å²) < 4.78 is 5.25. The largest absolute Gasteiger partial charge is 0.497 e. The van der Waals surface area contributed by atoms with Gasteiger partial charge in [0.25, 0.3) is 0 Å². The first-order chi connectivity index (χ1) is 10.5. The fraction of sp³-hybridized carbons (Fsp3) is 0.500. The van der Waals surface area contributed by atoms with Gasteiger partial charge >= 0.3 is 0 Å². The van der Waals surface area contributed by atoms with Crippen LogP contribution in [-0.2, 0) is 6.54 Å². The van der Waals surface area contributed by atoms with Crippen molar-refractivity contribution >= 4 is 22.5 Å². The molecule has 0 spiro atoms. The molecule has 1 fully saturated rings. The van der Waals surface area contributed by atoms with Crippen molar-refractivity contribution in [1.82, 2.24) is 9.88 Å². The molecule has 2 atom stereocenters. The van der Waals surface area contributed by atoms with Crippen LogP contribution in [0.3, 0.4) is 0 Å². The van der Waals surface area contributed by atoms with Crippen molar-refractivity contribution in [3.05, 3.63) is 35.0 Å². The van der Waals surface area contributed by atoms with Gasteiger partial charge in [0.05, 0.1) is 12.6 Å². The standard InChI is InChI=1S/C18H23ClN2O/c1-12-6-13(2)10-21(9-12)11-15-7-14-4-5-16(22-3)8-17(14)20-18(15)19/h4-5,7-8,12-13H,6,9-11H2,1-3H3/t12-,13-/m1/s1. The van der Waals surface area contributed by atoms with Gasteiger partial charge in [-0.05, 0) is 36.5 Å². The number of halogens is 1. The summed E-state index contributed by atoms with van der Waals surface area (Å²) in [6.45, 7) is 7.81. The number of ether oxygens (including phenoxy) is 1. The van der Waals surface area contributed by atoms with Gasteiger partial charge in [-0.25, -0.2) is 4.98 Å². The number of rotatable bonds is 3. The molecule has 0 saturated carbocycles. The van der Waals surface area contributed by atoms with E-state index in [1.807, 2.05) is 18.2 Å². The van der Waals surface area contributed by atoms with Crippen molar-refractivity contribution in [2.75, 3.05) is 20.2 Å². The number of methoxy groups -OCH3 is 1. The van der Waals surface area contributed by atoms with E-state index in [0.717, 1.165) is 53.7 Å². The molecule has 0 radical (unpaired) electrons. The Labute approximate surface area is 137 Å². The molecule has 0 bridgehead atoms. The second-order valence-electron chi connectivity index (χ2n) is 6.64. The third-order valence-corrected chi connectivity index (χ3v) is 4.72. The number of likely N-dealkylation sites (tertiary alicyclic amines) is 1. The molecule has 22 heavy (non-hydrogen) atoms. The van der Waals surface area contributed by atoms with Crippen LogP contribution in [0, 0.1) is 11.8 Å². The SMILES string of the molecule is COc1ccc2cc(CN3C[C@H](C)C[C@@H](C)C3)c(Cl)nc2c1. The number of fused-ring (bicyclic) bond motifs is 1. The Balaban J connectivity index is 1.86. The Morgan fingerprint density at radius 1 is 1.23 bits per heavy atom. The predicted octanol–water partition coefficient (Wildman–Crippen LogP) is 4.37. The van der Waals surface area contributed by atoms with Gasteiger partial charge in [-0.2, -0.15) is 0 Å². The average Bonchev–Trinajstić information content (AvgIpc) is 2.46. The van der Waals surface area contributed by atoms with Crippen LogP contribution in [0.4, 0.5) is 0 Å². The zero-order chi connectivity index (χ0) is 15.7. The first-order valence-electron chi connectivity index (χ1n) is 7.90. The predicted molar refractivity (Wildman–Crippen MR) is 91.5 cm³/mol. The summed E-state index contributed by atoms with van der Waals surface area (Å²) in [6.07, 6.45) is 1.32. The van der Waals surface area contributed by atoms with E-state index in [0.29, 0.717) is 5.15 Å². The van der Waals surface area contributed by atoms with Crippen molar-refractivity contribution in [2.45, 2.75) is 26.8 Å². The number of pyridine rings is 1. The van der Waals surface area contributed by atoms with Crippen molar-refractivity contribution in [3.8, 4) is 5.75 Å². The van der Waals surface area contributed by atoms with Crippen LogP contribution in [0.15, 0.2) is 24.3 Å². The molecule has 3 rings (SSSR count). The molecule has 0 unspecified atom stereocenters. The molecule has 4 heteroatoms. The van der Waals surface area contributed by atoms with Crippen LogP contribution < -0.4 is 4.74 Å². The van der Waals surface area contributed by atoms with Crippen molar-refractivity contribution in [1.29, 1.82) is 0 Å². The van der Waals surface area contributed by atoms with E-state index in [1.54, 1.807) is 7.11 Å². The summed E-state index contributed by atoms with van der Waals surface area (Å²) in [6, 6.07) is 8.10. The van der Waals surface area contributed by atoms with E-state index in [-0.39, 0.29) is 0 Å². The summed E-state index contributed by atoms with van der Waals surface area (Å²) in [7, 11) is 1.66. The number of piperidine rings is 1. The van der Waals surface area contributed by atoms with Gasteiger partial charge in [0.2, 0.25) is 0 Å². The molecular weight excluding hydrogens is 296 g/mol. The number of aromatic nitrogens is 1. The normalized spacial score (nSPS) is 22.9. The zero-order valence-corrected chi connectivity index (χ0v) is 14.2. The highest BCUT2D eigenvalue weighted by Gasteiger charge is 2.22. The van der Waals surface area contributed by atoms with Crippen LogP contribution in [0.2, 0.25) is 5.15 Å². The highest BCUT2D eigenvalue weighted by atomic mass is 35.5. The first-order valence-corrected chi connectivity index (χ1v) is 8.28. The van der Waals surface area contributed by atoms with E-state index in [2.05, 4.69) is 29.8 Å². The molecule has 2 aromatic rings. The summed E-state index contributed by atoms with van der Waals surface area (Å²) >= 11 is 6.41. The summed E-state index contributed by atoms with van der Waals surface area (Å²) in [5.74, 6) is 2.31. The molecule has 1 saturated heterocycles. The number of hydrogen-bond donors (Lipinski definition) is 0. The summed E-state index contributed by atoms with van der Waals surface area (Å²) in [5, 5.41) is 1.71. The van der Waals surface area contributed by atoms with Crippen molar-refractivity contribution < 1.29 is 4.74 Å². The lowest BCUT2D eigenvalue weighted by molar-refractivity contribution is 0.134. The van der Waals surface area contributed by atoms with Gasteiger partial charge in [-0.1, -0.05) is 25.4 Å². The fourth-order valence-electron chi connectivity index (χ4n) is 3.57. The maximum atomic E-state index is 6.41. The smallest absolute Gasteiger partial charge is 0.134 e. The molecule has 118 valence electrons. The van der Waals surface area contributed by atoms with Gasteiger partial charge in [-0.3, -0.25) is 4.90 Å². The van der Waals surface area contributed by atoms with E-state index in [4.69, 9.17) is 16.3 Å². The third-order valence-electron chi connectivity index (χ3n) is 4.39.